The topological polar surface area (TPSA) is 97.3 Å². The molecule has 0 radical (unpaired) electrons. The number of nitrogens with one attached hydrogen (secondary N) is 1. The maximum atomic E-state index is 12.2. The molecular formula is C17H20N6O2S. The molecule has 1 aliphatic rings. The van der Waals surface area contributed by atoms with Crippen LogP contribution in [0.25, 0.3) is 5.65 Å². The van der Waals surface area contributed by atoms with Gasteiger partial charge in [-0.2, -0.15) is 0 Å². The minimum atomic E-state index is -0.214. The number of nitrogens with zero attached hydrogens (tertiary/aromatic N) is 5. The largest absolute Gasteiger partial charge is 0.504 e. The Hall–Kier alpha value is -2.39. The van der Waals surface area contributed by atoms with Crippen LogP contribution < -0.4 is 10.9 Å². The van der Waals surface area contributed by atoms with E-state index in [0.717, 1.165) is 36.9 Å². The molecule has 0 unspecified atom stereocenters. The van der Waals surface area contributed by atoms with Crippen LogP contribution in [-0.2, 0) is 12.8 Å². The maximum Gasteiger partial charge on any atom is 0.258 e. The SMILES string of the molecule is Cn1c(SCc2cc(=O)n3cccc(O)c3n2)nnc1[C@@H]1CCCNC1. The summed E-state index contributed by atoms with van der Waals surface area (Å²) in [7, 11) is 1.97. The van der Waals surface area contributed by atoms with E-state index in [1.807, 2.05) is 11.6 Å². The van der Waals surface area contributed by atoms with Crippen LogP contribution in [-0.4, -0.2) is 42.3 Å². The lowest BCUT2D eigenvalue weighted by molar-refractivity contribution is 0.436. The second-order valence-corrected chi connectivity index (χ2v) is 7.35. The minimum Gasteiger partial charge on any atom is -0.504 e. The van der Waals surface area contributed by atoms with Crippen LogP contribution in [0.15, 0.2) is 34.3 Å². The summed E-state index contributed by atoms with van der Waals surface area (Å²) in [5.74, 6) is 1.84. The summed E-state index contributed by atoms with van der Waals surface area (Å²) in [6, 6.07) is 4.62. The molecule has 8 nitrogen and oxygen atoms in total. The summed E-state index contributed by atoms with van der Waals surface area (Å²) in [5.41, 5.74) is 0.654. The molecular weight excluding hydrogens is 352 g/mol. The number of pyridine rings is 1. The number of piperidine rings is 1. The molecule has 1 saturated heterocycles. The predicted octanol–water partition coefficient (Wildman–Crippen LogP) is 1.29. The summed E-state index contributed by atoms with van der Waals surface area (Å²) in [5, 5.41) is 22.8. The lowest BCUT2D eigenvalue weighted by Crippen LogP contribution is -2.29. The molecule has 4 heterocycles. The average molecular weight is 372 g/mol. The van der Waals surface area contributed by atoms with Crippen molar-refractivity contribution >= 4 is 17.4 Å². The van der Waals surface area contributed by atoms with Crippen molar-refractivity contribution in [2.24, 2.45) is 7.05 Å². The quantitative estimate of drug-likeness (QED) is 0.666. The number of hydrogen-bond acceptors (Lipinski definition) is 7. The van der Waals surface area contributed by atoms with E-state index in [1.165, 1.54) is 28.3 Å². The molecule has 0 aliphatic carbocycles. The zero-order valence-electron chi connectivity index (χ0n) is 14.4. The molecule has 4 rings (SSSR count). The van der Waals surface area contributed by atoms with Gasteiger partial charge in [0, 0.05) is 37.5 Å². The van der Waals surface area contributed by atoms with Crippen molar-refractivity contribution in [3.05, 3.63) is 46.3 Å². The lowest BCUT2D eigenvalue weighted by atomic mass is 9.99. The standard InChI is InChI=1S/C17H20N6O2S/c1-22-15(11-4-2-6-18-9-11)20-21-17(22)26-10-12-8-14(25)23-7-3-5-13(24)16(23)19-12/h3,5,7-8,11,18,24H,2,4,6,9-10H2,1H3/t11-/m1/s1. The van der Waals surface area contributed by atoms with Gasteiger partial charge in [-0.05, 0) is 31.5 Å². The highest BCUT2D eigenvalue weighted by Crippen LogP contribution is 2.26. The van der Waals surface area contributed by atoms with Gasteiger partial charge in [-0.15, -0.1) is 10.2 Å². The van der Waals surface area contributed by atoms with Crippen LogP contribution in [0.4, 0.5) is 0 Å². The summed E-state index contributed by atoms with van der Waals surface area (Å²) >= 11 is 1.48. The number of thioether (sulfide) groups is 1. The van der Waals surface area contributed by atoms with E-state index in [9.17, 15) is 9.90 Å². The van der Waals surface area contributed by atoms with Gasteiger partial charge in [-0.25, -0.2) is 4.98 Å². The highest BCUT2D eigenvalue weighted by molar-refractivity contribution is 7.98. The Balaban J connectivity index is 1.54. The molecule has 3 aromatic heterocycles. The van der Waals surface area contributed by atoms with Crippen LogP contribution in [0.1, 0.15) is 30.3 Å². The molecule has 0 amide bonds. The molecule has 1 atom stereocenters. The van der Waals surface area contributed by atoms with E-state index in [4.69, 9.17) is 0 Å². The van der Waals surface area contributed by atoms with Gasteiger partial charge < -0.3 is 15.0 Å². The van der Waals surface area contributed by atoms with E-state index >= 15 is 0 Å². The van der Waals surface area contributed by atoms with Gasteiger partial charge in [0.15, 0.2) is 16.6 Å². The van der Waals surface area contributed by atoms with Crippen LogP contribution >= 0.6 is 11.8 Å². The molecule has 1 fully saturated rings. The molecule has 0 saturated carbocycles. The highest BCUT2D eigenvalue weighted by Gasteiger charge is 2.21. The Morgan fingerprint density at radius 3 is 3.12 bits per heavy atom. The first-order valence-electron chi connectivity index (χ1n) is 8.56. The molecule has 136 valence electrons. The van der Waals surface area contributed by atoms with Crippen LogP contribution in [0.2, 0.25) is 0 Å². The van der Waals surface area contributed by atoms with Gasteiger partial charge in [-0.1, -0.05) is 11.8 Å². The highest BCUT2D eigenvalue weighted by atomic mass is 32.2. The Bertz CT molecular complexity index is 993. The normalized spacial score (nSPS) is 17.7. The fourth-order valence-corrected chi connectivity index (χ4v) is 4.06. The Kier molecular flexibility index (Phi) is 4.64. The molecule has 1 aliphatic heterocycles. The van der Waals surface area contributed by atoms with Crippen LogP contribution in [0, 0.1) is 0 Å². The maximum absolute atomic E-state index is 12.2. The van der Waals surface area contributed by atoms with Crippen molar-refractivity contribution < 1.29 is 5.11 Å². The first-order chi connectivity index (χ1) is 12.6. The monoisotopic (exact) mass is 372 g/mol. The second kappa shape index (κ2) is 7.08. The number of fused-ring (bicyclic) bond motifs is 1. The number of aromatic hydroxyl groups is 1. The number of rotatable bonds is 4. The van der Waals surface area contributed by atoms with Crippen molar-refractivity contribution in [3.63, 3.8) is 0 Å². The van der Waals surface area contributed by atoms with Crippen LogP contribution in [0.5, 0.6) is 5.75 Å². The smallest absolute Gasteiger partial charge is 0.258 e. The predicted molar refractivity (Wildman–Crippen MR) is 98.5 cm³/mol. The average Bonchev–Trinajstić information content (AvgIpc) is 3.02. The zero-order valence-corrected chi connectivity index (χ0v) is 15.2. The molecule has 0 aromatic carbocycles. The van der Waals surface area contributed by atoms with Gasteiger partial charge in [0.2, 0.25) is 0 Å². The third kappa shape index (κ3) is 3.19. The van der Waals surface area contributed by atoms with E-state index < -0.39 is 0 Å². The van der Waals surface area contributed by atoms with Crippen molar-refractivity contribution in [3.8, 4) is 5.75 Å². The van der Waals surface area contributed by atoms with Crippen molar-refractivity contribution in [2.45, 2.75) is 29.7 Å². The number of hydrogen-bond donors (Lipinski definition) is 2. The molecule has 26 heavy (non-hydrogen) atoms. The molecule has 0 spiro atoms. The van der Waals surface area contributed by atoms with E-state index in [-0.39, 0.29) is 17.0 Å². The van der Waals surface area contributed by atoms with E-state index in [1.54, 1.807) is 12.3 Å². The first kappa shape index (κ1) is 17.0. The summed E-state index contributed by atoms with van der Waals surface area (Å²) in [6.45, 7) is 1.99. The van der Waals surface area contributed by atoms with Crippen LogP contribution in [0.3, 0.4) is 0 Å². The molecule has 0 bridgehead atoms. The summed E-state index contributed by atoms with van der Waals surface area (Å²) in [6.07, 6.45) is 3.86. The molecule has 3 aromatic rings. The molecule has 9 heteroatoms. The van der Waals surface area contributed by atoms with Crippen molar-refractivity contribution in [1.82, 2.24) is 29.5 Å². The van der Waals surface area contributed by atoms with Gasteiger partial charge in [0.25, 0.3) is 5.56 Å². The van der Waals surface area contributed by atoms with Crippen molar-refractivity contribution in [1.29, 1.82) is 0 Å². The zero-order chi connectivity index (χ0) is 18.1. The Morgan fingerprint density at radius 1 is 1.42 bits per heavy atom. The van der Waals surface area contributed by atoms with E-state index in [0.29, 0.717) is 17.4 Å². The molecule has 2 N–H and O–H groups in total. The minimum absolute atomic E-state index is 0.0119. The Labute approximate surface area is 154 Å². The summed E-state index contributed by atoms with van der Waals surface area (Å²) in [4.78, 5) is 16.6. The van der Waals surface area contributed by atoms with Gasteiger partial charge in [0.1, 0.15) is 5.82 Å². The number of aromatic nitrogens is 5. The van der Waals surface area contributed by atoms with Gasteiger partial charge >= 0.3 is 0 Å². The summed E-state index contributed by atoms with van der Waals surface area (Å²) < 4.78 is 3.35. The second-order valence-electron chi connectivity index (χ2n) is 6.40. The first-order valence-corrected chi connectivity index (χ1v) is 9.55. The van der Waals surface area contributed by atoms with E-state index in [2.05, 4.69) is 20.5 Å². The Morgan fingerprint density at radius 2 is 2.31 bits per heavy atom. The lowest BCUT2D eigenvalue weighted by Gasteiger charge is -2.21. The third-order valence-corrected chi connectivity index (χ3v) is 5.66. The van der Waals surface area contributed by atoms with Gasteiger partial charge in [-0.3, -0.25) is 9.20 Å². The fourth-order valence-electron chi connectivity index (χ4n) is 3.25. The fraction of sp³-hybridized carbons (Fsp3) is 0.412. The van der Waals surface area contributed by atoms with Crippen molar-refractivity contribution in [2.75, 3.05) is 13.1 Å². The third-order valence-electron chi connectivity index (χ3n) is 4.60. The van der Waals surface area contributed by atoms with Gasteiger partial charge in [0.05, 0.1) is 5.69 Å².